The van der Waals surface area contributed by atoms with E-state index in [1.54, 1.807) is 0 Å². The van der Waals surface area contributed by atoms with Gasteiger partial charge in [0, 0.05) is 12.3 Å². The third-order valence-corrected chi connectivity index (χ3v) is 3.89. The van der Waals surface area contributed by atoms with Gasteiger partial charge in [0.1, 0.15) is 0 Å². The van der Waals surface area contributed by atoms with Gasteiger partial charge in [-0.15, -0.1) is 11.8 Å². The van der Waals surface area contributed by atoms with Crippen molar-refractivity contribution in [2.45, 2.75) is 20.4 Å². The fourth-order valence-corrected chi connectivity index (χ4v) is 2.78. The highest BCUT2D eigenvalue weighted by Gasteiger charge is 2.23. The van der Waals surface area contributed by atoms with Crippen LogP contribution in [0.5, 0.6) is 0 Å². The molecular weight excluding hydrogens is 202 g/mol. The van der Waals surface area contributed by atoms with Crippen LogP contribution >= 0.6 is 11.8 Å². The van der Waals surface area contributed by atoms with Crippen molar-refractivity contribution in [1.82, 2.24) is 5.32 Å². The molecule has 1 aromatic rings. The summed E-state index contributed by atoms with van der Waals surface area (Å²) >= 11 is 1.92. The molecule has 0 aromatic heterocycles. The fourth-order valence-electron chi connectivity index (χ4n) is 1.59. The number of rotatable bonds is 3. The van der Waals surface area contributed by atoms with Gasteiger partial charge in [-0.3, -0.25) is 0 Å². The van der Waals surface area contributed by atoms with Crippen molar-refractivity contribution in [3.05, 3.63) is 47.0 Å². The van der Waals surface area contributed by atoms with Crippen LogP contribution in [-0.4, -0.2) is 5.75 Å². The molecule has 0 spiro atoms. The summed E-state index contributed by atoms with van der Waals surface area (Å²) in [4.78, 5) is 0. The van der Waals surface area contributed by atoms with Gasteiger partial charge in [-0.25, -0.2) is 0 Å². The Balaban J connectivity index is 1.90. The summed E-state index contributed by atoms with van der Waals surface area (Å²) in [6, 6.07) is 10.5. The SMILES string of the molecule is CC1(C)C=C(NCc2ccccc2)SC1. The molecule has 1 N–H and O–H groups in total. The van der Waals surface area contributed by atoms with E-state index in [2.05, 4.69) is 55.6 Å². The van der Waals surface area contributed by atoms with Crippen molar-refractivity contribution >= 4 is 11.8 Å². The molecule has 0 saturated carbocycles. The van der Waals surface area contributed by atoms with Crippen LogP contribution < -0.4 is 5.32 Å². The molecule has 80 valence electrons. The molecule has 0 amide bonds. The van der Waals surface area contributed by atoms with Crippen molar-refractivity contribution in [3.63, 3.8) is 0 Å². The summed E-state index contributed by atoms with van der Waals surface area (Å²) in [5, 5.41) is 4.80. The lowest BCUT2D eigenvalue weighted by atomic mass is 9.97. The molecule has 1 aromatic carbocycles. The van der Waals surface area contributed by atoms with E-state index in [0.717, 1.165) is 6.54 Å². The van der Waals surface area contributed by atoms with Gasteiger partial charge in [0.25, 0.3) is 0 Å². The first-order chi connectivity index (χ1) is 7.16. The van der Waals surface area contributed by atoms with E-state index in [-0.39, 0.29) is 0 Å². The van der Waals surface area contributed by atoms with E-state index >= 15 is 0 Å². The van der Waals surface area contributed by atoms with Crippen LogP contribution in [0.1, 0.15) is 19.4 Å². The summed E-state index contributed by atoms with van der Waals surface area (Å²) in [5.41, 5.74) is 1.69. The Labute approximate surface area is 96.0 Å². The zero-order valence-electron chi connectivity index (χ0n) is 9.29. The highest BCUT2D eigenvalue weighted by Crippen LogP contribution is 2.36. The maximum absolute atomic E-state index is 3.48. The molecule has 0 fully saturated rings. The van der Waals surface area contributed by atoms with Crippen molar-refractivity contribution < 1.29 is 0 Å². The van der Waals surface area contributed by atoms with Crippen LogP contribution in [0.3, 0.4) is 0 Å². The number of allylic oxidation sites excluding steroid dienone is 1. The van der Waals surface area contributed by atoms with E-state index in [9.17, 15) is 0 Å². The minimum atomic E-state index is 0.351. The van der Waals surface area contributed by atoms with Gasteiger partial charge in [0.05, 0.1) is 5.03 Å². The average Bonchev–Trinajstić information content (AvgIpc) is 2.57. The Hall–Kier alpha value is -0.890. The largest absolute Gasteiger partial charge is 0.376 e. The molecule has 15 heavy (non-hydrogen) atoms. The zero-order valence-corrected chi connectivity index (χ0v) is 10.1. The fraction of sp³-hybridized carbons (Fsp3) is 0.385. The highest BCUT2D eigenvalue weighted by molar-refractivity contribution is 8.03. The summed E-state index contributed by atoms with van der Waals surface area (Å²) in [7, 11) is 0. The number of hydrogen-bond donors (Lipinski definition) is 1. The second kappa shape index (κ2) is 4.31. The molecule has 1 heterocycles. The van der Waals surface area contributed by atoms with Gasteiger partial charge in [-0.1, -0.05) is 44.2 Å². The monoisotopic (exact) mass is 219 g/mol. The van der Waals surface area contributed by atoms with Gasteiger partial charge in [0.2, 0.25) is 0 Å². The third-order valence-electron chi connectivity index (χ3n) is 2.43. The first kappa shape index (κ1) is 10.6. The minimum Gasteiger partial charge on any atom is -0.376 e. The topological polar surface area (TPSA) is 12.0 Å². The molecule has 0 saturated heterocycles. The van der Waals surface area contributed by atoms with Crippen LogP contribution in [0.25, 0.3) is 0 Å². The zero-order chi connectivity index (χ0) is 10.7. The maximum atomic E-state index is 3.48. The van der Waals surface area contributed by atoms with Crippen LogP contribution in [0, 0.1) is 5.41 Å². The second-order valence-corrected chi connectivity index (χ2v) is 5.64. The second-order valence-electron chi connectivity index (χ2n) is 4.62. The van der Waals surface area contributed by atoms with Crippen LogP contribution in [-0.2, 0) is 6.54 Å². The highest BCUT2D eigenvalue weighted by atomic mass is 32.2. The molecule has 2 heteroatoms. The number of nitrogens with one attached hydrogen (secondary N) is 1. The van der Waals surface area contributed by atoms with Crippen molar-refractivity contribution in [2.24, 2.45) is 5.41 Å². The molecule has 1 aliphatic heterocycles. The summed E-state index contributed by atoms with van der Waals surface area (Å²) < 4.78 is 0. The molecule has 0 atom stereocenters. The number of hydrogen-bond acceptors (Lipinski definition) is 2. The summed E-state index contributed by atoms with van der Waals surface area (Å²) in [6.07, 6.45) is 2.33. The summed E-state index contributed by atoms with van der Waals surface area (Å²) in [5.74, 6) is 1.18. The van der Waals surface area contributed by atoms with Gasteiger partial charge in [-0.2, -0.15) is 0 Å². The third kappa shape index (κ3) is 3.03. The maximum Gasteiger partial charge on any atom is 0.0649 e. The van der Waals surface area contributed by atoms with Crippen LogP contribution in [0.2, 0.25) is 0 Å². The molecule has 2 rings (SSSR count). The number of thioether (sulfide) groups is 1. The molecule has 1 nitrogen and oxygen atoms in total. The quantitative estimate of drug-likeness (QED) is 0.836. The van der Waals surface area contributed by atoms with E-state index in [1.807, 2.05) is 11.8 Å². The number of benzene rings is 1. The van der Waals surface area contributed by atoms with Crippen molar-refractivity contribution in [3.8, 4) is 0 Å². The molecule has 0 bridgehead atoms. The van der Waals surface area contributed by atoms with Crippen LogP contribution in [0.15, 0.2) is 41.4 Å². The Morgan fingerprint density at radius 2 is 2.00 bits per heavy atom. The Morgan fingerprint density at radius 3 is 2.60 bits per heavy atom. The standard InChI is InChI=1S/C13H17NS/c1-13(2)8-12(15-10-13)14-9-11-6-4-3-5-7-11/h3-8,14H,9-10H2,1-2H3. The van der Waals surface area contributed by atoms with E-state index < -0.39 is 0 Å². The van der Waals surface area contributed by atoms with Crippen LogP contribution in [0.4, 0.5) is 0 Å². The van der Waals surface area contributed by atoms with Gasteiger partial charge >= 0.3 is 0 Å². The predicted octanol–water partition coefficient (Wildman–Crippen LogP) is 3.39. The Kier molecular flexibility index (Phi) is 3.06. The van der Waals surface area contributed by atoms with Crippen molar-refractivity contribution in [1.29, 1.82) is 0 Å². The smallest absolute Gasteiger partial charge is 0.0649 e. The van der Waals surface area contributed by atoms with Gasteiger partial charge in [-0.05, 0) is 17.1 Å². The van der Waals surface area contributed by atoms with Gasteiger partial charge < -0.3 is 5.32 Å². The Morgan fingerprint density at radius 1 is 1.27 bits per heavy atom. The minimum absolute atomic E-state index is 0.351. The molecule has 0 aliphatic carbocycles. The van der Waals surface area contributed by atoms with E-state index in [4.69, 9.17) is 0 Å². The Bertz CT molecular complexity index is 354. The molecule has 0 unspecified atom stereocenters. The molecular formula is C13H17NS. The van der Waals surface area contributed by atoms with E-state index in [0.29, 0.717) is 5.41 Å². The molecule has 1 aliphatic rings. The molecule has 0 radical (unpaired) electrons. The van der Waals surface area contributed by atoms with Gasteiger partial charge in [0.15, 0.2) is 0 Å². The first-order valence-corrected chi connectivity index (χ1v) is 6.28. The predicted molar refractivity (Wildman–Crippen MR) is 67.6 cm³/mol. The first-order valence-electron chi connectivity index (χ1n) is 5.29. The normalized spacial score (nSPS) is 18.7. The van der Waals surface area contributed by atoms with Crippen molar-refractivity contribution in [2.75, 3.05) is 5.75 Å². The lowest BCUT2D eigenvalue weighted by Crippen LogP contribution is -2.09. The average molecular weight is 219 g/mol. The van der Waals surface area contributed by atoms with E-state index in [1.165, 1.54) is 16.3 Å². The summed E-state index contributed by atoms with van der Waals surface area (Å²) in [6.45, 7) is 5.48. The lowest BCUT2D eigenvalue weighted by Gasteiger charge is -2.10. The lowest BCUT2D eigenvalue weighted by molar-refractivity contribution is 0.561.